The van der Waals surface area contributed by atoms with E-state index in [0.717, 1.165) is 79.0 Å². The number of fused-ring (bicyclic) bond motifs is 1. The van der Waals surface area contributed by atoms with Gasteiger partial charge >= 0.3 is 0 Å². The molecule has 3 aliphatic rings. The van der Waals surface area contributed by atoms with E-state index in [1.165, 1.54) is 5.57 Å². The van der Waals surface area contributed by atoms with Crippen LogP contribution in [0.1, 0.15) is 49.2 Å². The zero-order chi connectivity index (χ0) is 25.2. The summed E-state index contributed by atoms with van der Waals surface area (Å²) in [7, 11) is 1.69. The first kappa shape index (κ1) is 24.9. The molecule has 2 aromatic rings. The lowest BCUT2D eigenvalue weighted by Crippen LogP contribution is -2.53. The number of nitrogens with one attached hydrogen (secondary N) is 3. The van der Waals surface area contributed by atoms with Crippen molar-refractivity contribution >= 4 is 16.8 Å². The minimum absolute atomic E-state index is 0.0619. The molecular formula is C28H39N5O3. The molecule has 8 nitrogen and oxygen atoms in total. The summed E-state index contributed by atoms with van der Waals surface area (Å²) in [6.45, 7) is 10.5. The Kier molecular flexibility index (Phi) is 7.37. The van der Waals surface area contributed by atoms with Crippen LogP contribution in [-0.2, 0) is 9.47 Å². The van der Waals surface area contributed by atoms with Crippen LogP contribution in [0, 0.1) is 6.92 Å². The van der Waals surface area contributed by atoms with E-state index in [-0.39, 0.29) is 12.1 Å². The van der Waals surface area contributed by atoms with Gasteiger partial charge in [0.05, 0.1) is 36.0 Å². The Morgan fingerprint density at radius 1 is 1.19 bits per heavy atom. The molecule has 194 valence electrons. The summed E-state index contributed by atoms with van der Waals surface area (Å²) >= 11 is 0. The van der Waals surface area contributed by atoms with Gasteiger partial charge < -0.3 is 25.5 Å². The number of likely N-dealkylation sites (tertiary alicyclic amines) is 1. The van der Waals surface area contributed by atoms with Crippen LogP contribution in [0.15, 0.2) is 47.2 Å². The van der Waals surface area contributed by atoms with Crippen LogP contribution in [0.2, 0.25) is 0 Å². The number of dihydropyridines is 1. The average Bonchev–Trinajstić information content (AvgIpc) is 3.13. The fraction of sp³-hybridized carbons (Fsp3) is 0.536. The van der Waals surface area contributed by atoms with Gasteiger partial charge in [0.1, 0.15) is 0 Å². The van der Waals surface area contributed by atoms with Crippen molar-refractivity contribution in [2.45, 2.75) is 58.3 Å². The van der Waals surface area contributed by atoms with Gasteiger partial charge in [-0.05, 0) is 50.8 Å². The third kappa shape index (κ3) is 4.77. The number of benzene rings is 1. The highest BCUT2D eigenvalue weighted by Crippen LogP contribution is 2.27. The van der Waals surface area contributed by atoms with Gasteiger partial charge in [-0.2, -0.15) is 0 Å². The Morgan fingerprint density at radius 2 is 1.94 bits per heavy atom. The summed E-state index contributed by atoms with van der Waals surface area (Å²) in [5.41, 5.74) is 9.79. The predicted molar refractivity (Wildman–Crippen MR) is 143 cm³/mol. The molecule has 1 aromatic carbocycles. The van der Waals surface area contributed by atoms with Gasteiger partial charge in [-0.3, -0.25) is 14.4 Å². The van der Waals surface area contributed by atoms with Crippen LogP contribution in [-0.4, -0.2) is 73.8 Å². The van der Waals surface area contributed by atoms with Gasteiger partial charge in [0.15, 0.2) is 6.23 Å². The number of carbonyl (C=O) groups excluding carboxylic acids is 1. The van der Waals surface area contributed by atoms with Gasteiger partial charge in [0.25, 0.3) is 5.91 Å². The molecule has 8 heteroatoms. The molecule has 2 saturated heterocycles. The molecule has 3 N–H and O–H groups in total. The first-order valence-corrected chi connectivity index (χ1v) is 13.2. The minimum Gasteiger partial charge on any atom is -0.378 e. The molecule has 4 heterocycles. The van der Waals surface area contributed by atoms with E-state index < -0.39 is 0 Å². The number of amides is 1. The van der Waals surface area contributed by atoms with E-state index in [2.05, 4.69) is 44.7 Å². The monoisotopic (exact) mass is 493 g/mol. The molecule has 0 saturated carbocycles. The van der Waals surface area contributed by atoms with Gasteiger partial charge in [-0.1, -0.05) is 25.1 Å². The molecule has 5 rings (SSSR count). The largest absolute Gasteiger partial charge is 0.378 e. The zero-order valence-corrected chi connectivity index (χ0v) is 21.9. The van der Waals surface area contributed by atoms with Crippen LogP contribution >= 0.6 is 0 Å². The molecule has 0 spiro atoms. The van der Waals surface area contributed by atoms with Crippen molar-refractivity contribution in [3.63, 3.8) is 0 Å². The van der Waals surface area contributed by atoms with Gasteiger partial charge in [0.2, 0.25) is 0 Å². The Morgan fingerprint density at radius 3 is 2.61 bits per heavy atom. The second-order valence-corrected chi connectivity index (χ2v) is 10.1. The molecule has 0 bridgehead atoms. The normalized spacial score (nSPS) is 21.8. The maximum atomic E-state index is 13.6. The average molecular weight is 494 g/mol. The molecule has 1 unspecified atom stereocenters. The molecule has 0 radical (unpaired) electrons. The van der Waals surface area contributed by atoms with E-state index in [1.54, 1.807) is 7.11 Å². The first-order chi connectivity index (χ1) is 17.5. The lowest BCUT2D eigenvalue weighted by molar-refractivity contribution is -0.0707. The maximum absolute atomic E-state index is 13.6. The van der Waals surface area contributed by atoms with Crippen molar-refractivity contribution in [2.75, 3.05) is 45.4 Å². The zero-order valence-electron chi connectivity index (χ0n) is 21.9. The topological polar surface area (TPSA) is 79.8 Å². The molecule has 1 aromatic heterocycles. The second kappa shape index (κ2) is 10.7. The Hall–Kier alpha value is -2.81. The second-order valence-electron chi connectivity index (χ2n) is 10.1. The summed E-state index contributed by atoms with van der Waals surface area (Å²) < 4.78 is 13.2. The number of methoxy groups -OCH3 is 1. The number of hydrogen-bond donors (Lipinski definition) is 3. The van der Waals surface area contributed by atoms with E-state index >= 15 is 0 Å². The number of carbonyl (C=O) groups is 1. The number of piperidine rings is 1. The van der Waals surface area contributed by atoms with Crippen molar-refractivity contribution in [2.24, 2.45) is 0 Å². The summed E-state index contributed by atoms with van der Waals surface area (Å²) in [5.74, 6) is -0.0619. The Bertz CT molecular complexity index is 1170. The SMILES string of the molecule is CCC1=C(CNC(=O)c2c(C)n(NC3CCN(C4COC4)CC3)c3ccccc23)C(OC)NC(C)=C1. The van der Waals surface area contributed by atoms with Crippen LogP contribution in [0.4, 0.5) is 0 Å². The molecule has 1 atom stereocenters. The number of aromatic nitrogens is 1. The van der Waals surface area contributed by atoms with Crippen molar-refractivity contribution in [3.8, 4) is 0 Å². The first-order valence-electron chi connectivity index (χ1n) is 13.2. The number of para-hydroxylation sites is 1. The van der Waals surface area contributed by atoms with E-state index in [9.17, 15) is 4.79 Å². The Balaban J connectivity index is 1.34. The number of hydrogen-bond acceptors (Lipinski definition) is 6. The van der Waals surface area contributed by atoms with Crippen LogP contribution in [0.3, 0.4) is 0 Å². The number of nitrogens with zero attached hydrogens (tertiary/aromatic N) is 2. The van der Waals surface area contributed by atoms with Gasteiger partial charge in [0, 0.05) is 49.4 Å². The molecular weight excluding hydrogens is 454 g/mol. The molecule has 36 heavy (non-hydrogen) atoms. The highest BCUT2D eigenvalue weighted by Gasteiger charge is 2.30. The molecule has 2 fully saturated rings. The lowest BCUT2D eigenvalue weighted by Gasteiger charge is -2.41. The third-order valence-corrected chi connectivity index (χ3v) is 7.85. The summed E-state index contributed by atoms with van der Waals surface area (Å²) in [5, 5.41) is 7.51. The van der Waals surface area contributed by atoms with Gasteiger partial charge in [-0.25, -0.2) is 0 Å². The smallest absolute Gasteiger partial charge is 0.254 e. The van der Waals surface area contributed by atoms with E-state index in [4.69, 9.17) is 9.47 Å². The number of ether oxygens (including phenoxy) is 2. The van der Waals surface area contributed by atoms with Crippen LogP contribution in [0.25, 0.3) is 10.9 Å². The summed E-state index contributed by atoms with van der Waals surface area (Å²) in [6, 6.07) is 9.12. The highest BCUT2D eigenvalue weighted by molar-refractivity contribution is 6.08. The lowest BCUT2D eigenvalue weighted by atomic mass is 9.99. The highest BCUT2D eigenvalue weighted by atomic mass is 16.5. The quantitative estimate of drug-likeness (QED) is 0.524. The third-order valence-electron chi connectivity index (χ3n) is 7.85. The molecule has 0 aliphatic carbocycles. The fourth-order valence-electron chi connectivity index (χ4n) is 5.69. The molecule has 3 aliphatic heterocycles. The standard InChI is InChI=1S/C28H39N5O3/c1-5-20-14-18(2)30-28(35-4)24(20)15-29-27(34)26-19(3)33(25-9-7-6-8-23(25)26)31-21-10-12-32(13-11-21)22-16-36-17-22/h6-9,14,21-22,28,30-31H,5,10-13,15-17H2,1-4H3,(H,29,34). The summed E-state index contributed by atoms with van der Waals surface area (Å²) in [6.07, 6.45) is 4.96. The van der Waals surface area contributed by atoms with Crippen molar-refractivity contribution in [1.29, 1.82) is 0 Å². The predicted octanol–water partition coefficient (Wildman–Crippen LogP) is 3.27. The van der Waals surface area contributed by atoms with Crippen LogP contribution < -0.4 is 16.1 Å². The van der Waals surface area contributed by atoms with Gasteiger partial charge in [-0.15, -0.1) is 0 Å². The molecule has 1 amide bonds. The summed E-state index contributed by atoms with van der Waals surface area (Å²) in [4.78, 5) is 16.1. The fourth-order valence-corrected chi connectivity index (χ4v) is 5.69. The van der Waals surface area contributed by atoms with Crippen molar-refractivity contribution < 1.29 is 14.3 Å². The number of allylic oxidation sites excluding steroid dienone is 3. The minimum atomic E-state index is -0.230. The number of rotatable bonds is 8. The Labute approximate surface area is 213 Å². The van der Waals surface area contributed by atoms with Crippen LogP contribution in [0.5, 0.6) is 0 Å². The van der Waals surface area contributed by atoms with E-state index in [1.807, 2.05) is 32.0 Å². The van der Waals surface area contributed by atoms with Crippen molar-refractivity contribution in [1.82, 2.24) is 20.2 Å². The maximum Gasteiger partial charge on any atom is 0.254 e. The van der Waals surface area contributed by atoms with Crippen molar-refractivity contribution in [3.05, 3.63) is 58.4 Å². The van der Waals surface area contributed by atoms with E-state index in [0.29, 0.717) is 18.6 Å².